The van der Waals surface area contributed by atoms with E-state index in [4.69, 9.17) is 10.8 Å². The quantitative estimate of drug-likeness (QED) is 0.522. The molecular formula is C5H10F2N2O2. The van der Waals surface area contributed by atoms with Gasteiger partial charge in [0.1, 0.15) is 0 Å². The standard InChI is InChI=1S/C5H10F2N2O2/c6-5(7,1-2-8)3(9)4(10)11/h3H,1-2,8-9H2,(H,10,11). The number of hydrogen-bond acceptors (Lipinski definition) is 3. The van der Waals surface area contributed by atoms with Crippen molar-refractivity contribution < 1.29 is 18.7 Å². The number of rotatable bonds is 4. The molecule has 0 aromatic carbocycles. The maximum absolute atomic E-state index is 12.5. The molecule has 0 aliphatic heterocycles. The van der Waals surface area contributed by atoms with E-state index in [1.165, 1.54) is 0 Å². The predicted molar refractivity (Wildman–Crippen MR) is 34.2 cm³/mol. The van der Waals surface area contributed by atoms with E-state index >= 15 is 0 Å². The number of aliphatic carboxylic acids is 1. The summed E-state index contributed by atoms with van der Waals surface area (Å²) in [4.78, 5) is 9.97. The topological polar surface area (TPSA) is 89.3 Å². The normalized spacial score (nSPS) is 14.5. The van der Waals surface area contributed by atoms with Crippen molar-refractivity contribution in [3.05, 3.63) is 0 Å². The molecule has 6 heteroatoms. The fourth-order valence-corrected chi connectivity index (χ4v) is 0.529. The van der Waals surface area contributed by atoms with Gasteiger partial charge >= 0.3 is 5.97 Å². The first-order chi connectivity index (χ1) is 4.91. The third kappa shape index (κ3) is 2.77. The molecule has 0 heterocycles. The van der Waals surface area contributed by atoms with Gasteiger partial charge < -0.3 is 16.6 Å². The second kappa shape index (κ2) is 3.59. The van der Waals surface area contributed by atoms with E-state index in [2.05, 4.69) is 5.73 Å². The van der Waals surface area contributed by atoms with Crippen molar-refractivity contribution in [2.24, 2.45) is 11.5 Å². The molecule has 0 saturated heterocycles. The first-order valence-electron chi connectivity index (χ1n) is 2.98. The predicted octanol–water partition coefficient (Wildman–Crippen LogP) is -0.618. The summed E-state index contributed by atoms with van der Waals surface area (Å²) in [6.07, 6.45) is -0.708. The lowest BCUT2D eigenvalue weighted by atomic mass is 10.1. The van der Waals surface area contributed by atoms with Crippen molar-refractivity contribution in [1.29, 1.82) is 0 Å². The summed E-state index contributed by atoms with van der Waals surface area (Å²) in [5, 5.41) is 8.10. The zero-order chi connectivity index (χ0) is 9.07. The van der Waals surface area contributed by atoms with Gasteiger partial charge in [-0.2, -0.15) is 0 Å². The lowest BCUT2D eigenvalue weighted by molar-refractivity contribution is -0.148. The Labute approximate surface area is 62.2 Å². The second-order valence-electron chi connectivity index (χ2n) is 2.12. The second-order valence-corrected chi connectivity index (χ2v) is 2.12. The van der Waals surface area contributed by atoms with Crippen LogP contribution in [0.4, 0.5) is 8.78 Å². The number of alkyl halides is 2. The fraction of sp³-hybridized carbons (Fsp3) is 0.800. The zero-order valence-electron chi connectivity index (χ0n) is 5.76. The smallest absolute Gasteiger partial charge is 0.326 e. The van der Waals surface area contributed by atoms with Crippen LogP contribution < -0.4 is 11.5 Å². The molecule has 0 bridgehead atoms. The Morgan fingerprint density at radius 2 is 2.09 bits per heavy atom. The minimum Gasteiger partial charge on any atom is -0.480 e. The van der Waals surface area contributed by atoms with Gasteiger partial charge in [-0.05, 0) is 6.54 Å². The highest BCUT2D eigenvalue weighted by molar-refractivity contribution is 5.74. The van der Waals surface area contributed by atoms with Gasteiger partial charge in [-0.15, -0.1) is 0 Å². The van der Waals surface area contributed by atoms with Crippen LogP contribution in [0.15, 0.2) is 0 Å². The lowest BCUT2D eigenvalue weighted by Crippen LogP contribution is -2.47. The van der Waals surface area contributed by atoms with Gasteiger partial charge in [-0.25, -0.2) is 8.78 Å². The molecule has 5 N–H and O–H groups in total. The van der Waals surface area contributed by atoms with Gasteiger partial charge in [-0.3, -0.25) is 4.79 Å². The Bertz CT molecular complexity index is 151. The van der Waals surface area contributed by atoms with E-state index in [0.717, 1.165) is 0 Å². The van der Waals surface area contributed by atoms with E-state index in [1.807, 2.05) is 0 Å². The van der Waals surface area contributed by atoms with Crippen LogP contribution in [0.25, 0.3) is 0 Å². The average Bonchev–Trinajstić information content (AvgIpc) is 1.86. The highest BCUT2D eigenvalue weighted by Crippen LogP contribution is 2.20. The SMILES string of the molecule is NCCC(F)(F)C(N)C(=O)O. The largest absolute Gasteiger partial charge is 0.480 e. The summed E-state index contributed by atoms with van der Waals surface area (Å²) in [5.74, 6) is -5.14. The molecular weight excluding hydrogens is 158 g/mol. The Hall–Kier alpha value is -0.750. The molecule has 0 saturated carbocycles. The van der Waals surface area contributed by atoms with Crippen LogP contribution in [0.5, 0.6) is 0 Å². The number of halogens is 2. The molecule has 0 aliphatic rings. The number of nitrogens with two attached hydrogens (primary N) is 2. The molecule has 0 aromatic heterocycles. The third-order valence-electron chi connectivity index (χ3n) is 1.20. The third-order valence-corrected chi connectivity index (χ3v) is 1.20. The van der Waals surface area contributed by atoms with Crippen LogP contribution in [0.3, 0.4) is 0 Å². The van der Waals surface area contributed by atoms with Crippen molar-refractivity contribution in [2.45, 2.75) is 18.4 Å². The molecule has 0 radical (unpaired) electrons. The molecule has 4 nitrogen and oxygen atoms in total. The summed E-state index contributed by atoms with van der Waals surface area (Å²) in [6.45, 7) is -0.284. The van der Waals surface area contributed by atoms with Crippen LogP contribution in [0, 0.1) is 0 Å². The van der Waals surface area contributed by atoms with Gasteiger partial charge in [0.25, 0.3) is 5.92 Å². The molecule has 66 valence electrons. The van der Waals surface area contributed by atoms with Crippen LogP contribution in [0.1, 0.15) is 6.42 Å². The highest BCUT2D eigenvalue weighted by Gasteiger charge is 2.40. The molecule has 11 heavy (non-hydrogen) atoms. The maximum atomic E-state index is 12.5. The Morgan fingerprint density at radius 3 is 2.36 bits per heavy atom. The molecule has 0 rings (SSSR count). The van der Waals surface area contributed by atoms with E-state index in [9.17, 15) is 13.6 Å². The Morgan fingerprint density at radius 1 is 1.64 bits per heavy atom. The zero-order valence-corrected chi connectivity index (χ0v) is 5.76. The molecule has 0 amide bonds. The monoisotopic (exact) mass is 168 g/mol. The molecule has 0 aromatic rings. The Balaban J connectivity index is 4.16. The van der Waals surface area contributed by atoms with Crippen LogP contribution in [0.2, 0.25) is 0 Å². The summed E-state index contributed by atoms with van der Waals surface area (Å²) in [5.41, 5.74) is 9.50. The van der Waals surface area contributed by atoms with E-state index < -0.39 is 24.4 Å². The molecule has 0 fully saturated rings. The summed E-state index contributed by atoms with van der Waals surface area (Å²) in [7, 11) is 0. The van der Waals surface area contributed by atoms with E-state index in [-0.39, 0.29) is 6.54 Å². The first kappa shape index (κ1) is 10.2. The van der Waals surface area contributed by atoms with Gasteiger partial charge in [-0.1, -0.05) is 0 Å². The number of carboxylic acid groups (broad SMARTS) is 1. The molecule has 1 unspecified atom stereocenters. The molecule has 0 spiro atoms. The van der Waals surface area contributed by atoms with Crippen molar-refractivity contribution in [1.82, 2.24) is 0 Å². The van der Waals surface area contributed by atoms with Gasteiger partial charge in [0.15, 0.2) is 6.04 Å². The lowest BCUT2D eigenvalue weighted by Gasteiger charge is -2.18. The number of hydrogen-bond donors (Lipinski definition) is 3. The van der Waals surface area contributed by atoms with Crippen LogP contribution in [-0.4, -0.2) is 29.6 Å². The molecule has 1 atom stereocenters. The summed E-state index contributed by atoms with van der Waals surface area (Å²) < 4.78 is 25.0. The summed E-state index contributed by atoms with van der Waals surface area (Å²) >= 11 is 0. The van der Waals surface area contributed by atoms with E-state index in [1.54, 1.807) is 0 Å². The highest BCUT2D eigenvalue weighted by atomic mass is 19.3. The fourth-order valence-electron chi connectivity index (χ4n) is 0.529. The maximum Gasteiger partial charge on any atom is 0.326 e. The van der Waals surface area contributed by atoms with Gasteiger partial charge in [0, 0.05) is 6.42 Å². The van der Waals surface area contributed by atoms with Crippen molar-refractivity contribution in [2.75, 3.05) is 6.54 Å². The van der Waals surface area contributed by atoms with Crippen molar-refractivity contribution in [3.63, 3.8) is 0 Å². The van der Waals surface area contributed by atoms with Crippen molar-refractivity contribution in [3.8, 4) is 0 Å². The Kier molecular flexibility index (Phi) is 3.34. The van der Waals surface area contributed by atoms with Crippen molar-refractivity contribution >= 4 is 5.97 Å². The minimum absolute atomic E-state index is 0.284. The first-order valence-corrected chi connectivity index (χ1v) is 2.98. The van der Waals surface area contributed by atoms with Gasteiger partial charge in [0.05, 0.1) is 0 Å². The van der Waals surface area contributed by atoms with E-state index in [0.29, 0.717) is 0 Å². The average molecular weight is 168 g/mol. The number of carboxylic acids is 1. The minimum atomic E-state index is -3.42. The number of carbonyl (C=O) groups is 1. The van der Waals surface area contributed by atoms with Crippen LogP contribution >= 0.6 is 0 Å². The van der Waals surface area contributed by atoms with Gasteiger partial charge in [0.2, 0.25) is 0 Å². The van der Waals surface area contributed by atoms with Crippen LogP contribution in [-0.2, 0) is 4.79 Å². The summed E-state index contributed by atoms with van der Waals surface area (Å²) in [6, 6.07) is -2.16. The molecule has 0 aliphatic carbocycles.